The number of hydrogen-bond acceptors (Lipinski definition) is 5. The second-order valence-corrected chi connectivity index (χ2v) is 15.8. The maximum absolute atomic E-state index is 13.7. The van der Waals surface area contributed by atoms with E-state index in [-0.39, 0.29) is 30.1 Å². The third-order valence-corrected chi connectivity index (χ3v) is 10.9. The minimum Gasteiger partial charge on any atom is -0.355 e. The molecular formula is C32H52O5S. The van der Waals surface area contributed by atoms with E-state index >= 15 is 0 Å². The molecule has 4 bridgehead atoms. The fourth-order valence-electron chi connectivity index (χ4n) is 7.87. The van der Waals surface area contributed by atoms with Gasteiger partial charge in [-0.05, 0) is 105 Å². The molecule has 4 aliphatic rings. The van der Waals surface area contributed by atoms with E-state index in [4.69, 9.17) is 13.7 Å². The Morgan fingerprint density at radius 2 is 1.34 bits per heavy atom. The molecule has 0 spiro atoms. The average molecular weight is 549 g/mol. The molecule has 0 aromatic heterocycles. The van der Waals surface area contributed by atoms with Crippen LogP contribution in [-0.4, -0.2) is 34.0 Å². The summed E-state index contributed by atoms with van der Waals surface area (Å²) in [6, 6.07) is 4.11. The molecule has 0 aliphatic heterocycles. The Morgan fingerprint density at radius 3 is 1.74 bits per heavy atom. The summed E-state index contributed by atoms with van der Waals surface area (Å²) in [7, 11) is -2.17. The van der Waals surface area contributed by atoms with E-state index in [1.165, 1.54) is 44.1 Å². The molecule has 4 aliphatic carbocycles. The molecule has 6 heteroatoms. The minimum absolute atomic E-state index is 0.0714. The van der Waals surface area contributed by atoms with E-state index in [1.807, 2.05) is 13.8 Å². The van der Waals surface area contributed by atoms with Crippen LogP contribution in [0.4, 0.5) is 0 Å². The number of hydrogen-bond donors (Lipinski definition) is 0. The van der Waals surface area contributed by atoms with Crippen LogP contribution in [0.5, 0.6) is 0 Å². The monoisotopic (exact) mass is 548 g/mol. The van der Waals surface area contributed by atoms with Gasteiger partial charge in [-0.1, -0.05) is 53.7 Å². The van der Waals surface area contributed by atoms with Gasteiger partial charge in [0, 0.05) is 18.9 Å². The highest BCUT2D eigenvalue weighted by molar-refractivity contribution is 7.86. The van der Waals surface area contributed by atoms with Crippen molar-refractivity contribution >= 4 is 10.1 Å². The largest absolute Gasteiger partial charge is 0.355 e. The van der Waals surface area contributed by atoms with Crippen LogP contribution in [0.3, 0.4) is 0 Å². The van der Waals surface area contributed by atoms with Crippen molar-refractivity contribution in [3.8, 4) is 0 Å². The molecule has 0 heterocycles. The van der Waals surface area contributed by atoms with Gasteiger partial charge in [-0.3, -0.25) is 4.18 Å². The normalized spacial score (nSPS) is 28.2. The molecule has 5 rings (SSSR count). The second kappa shape index (κ2) is 11.1. The van der Waals surface area contributed by atoms with E-state index in [1.54, 1.807) is 7.11 Å². The Labute approximate surface area is 232 Å². The van der Waals surface area contributed by atoms with Crippen molar-refractivity contribution in [2.75, 3.05) is 13.7 Å². The molecule has 5 nitrogen and oxygen atoms in total. The fourth-order valence-corrected chi connectivity index (χ4v) is 9.46. The minimum atomic E-state index is -3.93. The predicted octanol–water partition coefficient (Wildman–Crippen LogP) is 8.14. The summed E-state index contributed by atoms with van der Waals surface area (Å²) >= 11 is 0. The van der Waals surface area contributed by atoms with Crippen molar-refractivity contribution in [1.82, 2.24) is 0 Å². The molecule has 1 aromatic rings. The Morgan fingerprint density at radius 1 is 0.868 bits per heavy atom. The SMILES string of the molecule is COC(OC(C)(C)CCOS(=O)(=O)c1c(C(C)C)cc(C(C)C)cc1C(C)C)C12CC3CC(CC(C3)C1)C2. The first-order chi connectivity index (χ1) is 17.7. The summed E-state index contributed by atoms with van der Waals surface area (Å²) in [5.41, 5.74) is 2.39. The lowest BCUT2D eigenvalue weighted by molar-refractivity contribution is -0.276. The van der Waals surface area contributed by atoms with E-state index in [9.17, 15) is 8.42 Å². The molecule has 0 amide bonds. The number of benzene rings is 1. The van der Waals surface area contributed by atoms with Crippen LogP contribution in [0.15, 0.2) is 17.0 Å². The summed E-state index contributed by atoms with van der Waals surface area (Å²) in [6.45, 7) is 16.6. The number of ether oxygens (including phenoxy) is 2. The Hall–Kier alpha value is -0.950. The van der Waals surface area contributed by atoms with E-state index < -0.39 is 15.7 Å². The van der Waals surface area contributed by atoms with E-state index in [0.717, 1.165) is 28.9 Å². The third-order valence-electron chi connectivity index (χ3n) is 9.50. The molecule has 0 N–H and O–H groups in total. The summed E-state index contributed by atoms with van der Waals surface area (Å²) in [4.78, 5) is 0.356. The molecule has 1 aromatic carbocycles. The zero-order valence-corrected chi connectivity index (χ0v) is 26.1. The molecule has 0 radical (unpaired) electrons. The van der Waals surface area contributed by atoms with Gasteiger partial charge in [0.05, 0.1) is 12.2 Å². The standard InChI is InChI=1S/C32H52O5S/c1-20(2)26-15-27(21(3)4)29(28(16-26)22(5)6)38(33,34)36-11-10-31(7,8)37-30(35-9)32-17-23-12-24(18-32)14-25(13-23)19-32/h15-16,20-25,30H,10-14,17-19H2,1-9H3. The number of rotatable bonds is 12. The lowest BCUT2D eigenvalue weighted by Gasteiger charge is -2.59. The average Bonchev–Trinajstić information content (AvgIpc) is 2.80. The van der Waals surface area contributed by atoms with Crippen LogP contribution in [0.1, 0.15) is 135 Å². The van der Waals surface area contributed by atoms with Crippen LogP contribution in [-0.2, 0) is 23.8 Å². The van der Waals surface area contributed by atoms with E-state index in [0.29, 0.717) is 17.2 Å². The van der Waals surface area contributed by atoms with Gasteiger partial charge in [0.15, 0.2) is 6.29 Å². The zero-order valence-electron chi connectivity index (χ0n) is 25.3. The van der Waals surface area contributed by atoms with Crippen LogP contribution in [0, 0.1) is 23.2 Å². The van der Waals surface area contributed by atoms with Gasteiger partial charge in [-0.25, -0.2) is 0 Å². The molecule has 0 saturated heterocycles. The zero-order chi connectivity index (χ0) is 28.0. The van der Waals surface area contributed by atoms with Crippen molar-refractivity contribution in [3.63, 3.8) is 0 Å². The molecule has 1 unspecified atom stereocenters. The summed E-state index contributed by atoms with van der Waals surface area (Å²) < 4.78 is 45.8. The van der Waals surface area contributed by atoms with Crippen molar-refractivity contribution < 1.29 is 22.1 Å². The quantitative estimate of drug-likeness (QED) is 0.195. The second-order valence-electron chi connectivity index (χ2n) is 14.2. The smallest absolute Gasteiger partial charge is 0.297 e. The van der Waals surface area contributed by atoms with Crippen molar-refractivity contribution in [3.05, 3.63) is 28.8 Å². The van der Waals surface area contributed by atoms with Gasteiger partial charge >= 0.3 is 0 Å². The van der Waals surface area contributed by atoms with Gasteiger partial charge in [-0.15, -0.1) is 0 Å². The van der Waals surface area contributed by atoms with Crippen molar-refractivity contribution in [1.29, 1.82) is 0 Å². The number of methoxy groups -OCH3 is 1. The van der Waals surface area contributed by atoms with Crippen LogP contribution >= 0.6 is 0 Å². The van der Waals surface area contributed by atoms with Crippen molar-refractivity contribution in [2.24, 2.45) is 23.2 Å². The Balaban J connectivity index is 1.48. The molecular weight excluding hydrogens is 496 g/mol. The molecule has 1 atom stereocenters. The lowest BCUT2D eigenvalue weighted by atomic mass is 9.49. The highest BCUT2D eigenvalue weighted by Crippen LogP contribution is 2.62. The third kappa shape index (κ3) is 6.19. The van der Waals surface area contributed by atoms with Gasteiger partial charge in [-0.2, -0.15) is 8.42 Å². The molecule has 38 heavy (non-hydrogen) atoms. The van der Waals surface area contributed by atoms with Crippen LogP contribution in [0.25, 0.3) is 0 Å². The summed E-state index contributed by atoms with van der Waals surface area (Å²) in [5, 5.41) is 0. The summed E-state index contributed by atoms with van der Waals surface area (Å²) in [6.07, 6.45) is 7.92. The van der Waals surface area contributed by atoms with Crippen molar-refractivity contribution in [2.45, 2.75) is 135 Å². The molecule has 4 saturated carbocycles. The maximum Gasteiger partial charge on any atom is 0.297 e. The highest BCUT2D eigenvalue weighted by atomic mass is 32.2. The van der Waals surface area contributed by atoms with Gasteiger partial charge in [0.25, 0.3) is 10.1 Å². The molecule has 216 valence electrons. The van der Waals surface area contributed by atoms with Crippen LogP contribution < -0.4 is 0 Å². The van der Waals surface area contributed by atoms with Gasteiger partial charge in [0.2, 0.25) is 0 Å². The van der Waals surface area contributed by atoms with Gasteiger partial charge < -0.3 is 9.47 Å². The topological polar surface area (TPSA) is 61.8 Å². The van der Waals surface area contributed by atoms with Crippen LogP contribution in [0.2, 0.25) is 0 Å². The van der Waals surface area contributed by atoms with E-state index in [2.05, 4.69) is 53.7 Å². The first-order valence-electron chi connectivity index (χ1n) is 14.9. The molecule has 4 fully saturated rings. The maximum atomic E-state index is 13.7. The Kier molecular flexibility index (Phi) is 8.80. The summed E-state index contributed by atoms with van der Waals surface area (Å²) in [5.74, 6) is 2.90. The predicted molar refractivity (Wildman–Crippen MR) is 153 cm³/mol. The first-order valence-corrected chi connectivity index (χ1v) is 16.3. The fraction of sp³-hybridized carbons (Fsp3) is 0.812. The Bertz CT molecular complexity index is 1020. The van der Waals surface area contributed by atoms with Gasteiger partial charge in [0.1, 0.15) is 4.90 Å². The lowest BCUT2D eigenvalue weighted by Crippen LogP contribution is -2.54. The highest BCUT2D eigenvalue weighted by Gasteiger charge is 2.55. The first kappa shape index (κ1) is 30.0.